The third-order valence-electron chi connectivity index (χ3n) is 5.14. The number of halogens is 1. The Morgan fingerprint density at radius 1 is 1.23 bits per heavy atom. The molecule has 6 nitrogen and oxygen atoms in total. The van der Waals surface area contributed by atoms with E-state index < -0.39 is 15.6 Å². The van der Waals surface area contributed by atoms with E-state index in [2.05, 4.69) is 4.72 Å². The van der Waals surface area contributed by atoms with Gasteiger partial charge < -0.3 is 9.64 Å². The lowest BCUT2D eigenvalue weighted by atomic mass is 10.0. The van der Waals surface area contributed by atoms with E-state index >= 15 is 0 Å². The van der Waals surface area contributed by atoms with Crippen molar-refractivity contribution in [3.63, 3.8) is 0 Å². The highest BCUT2D eigenvalue weighted by atomic mass is 32.2. The quantitative estimate of drug-likeness (QED) is 0.730. The molecule has 1 saturated heterocycles. The van der Waals surface area contributed by atoms with E-state index in [0.717, 1.165) is 18.4 Å². The summed E-state index contributed by atoms with van der Waals surface area (Å²) >= 11 is 0. The Morgan fingerprint density at radius 2 is 1.97 bits per heavy atom. The molecule has 2 aromatic rings. The van der Waals surface area contributed by atoms with Gasteiger partial charge in [-0.05, 0) is 75.9 Å². The number of carbonyl (C=O) groups excluding carboxylic acids is 1. The van der Waals surface area contributed by atoms with E-state index in [-0.39, 0.29) is 34.0 Å². The van der Waals surface area contributed by atoms with E-state index in [1.165, 1.54) is 31.4 Å². The third kappa shape index (κ3) is 5.62. The standard InChI is InChI=1S/C23H29FN2O4S/c1-23(2,3)25-31(28,29)21-15-17(10-11-20(21)30-4)22(27)26-12-6-9-19(26)14-16-7-5-8-18(24)13-16/h5,7-8,10-11,13,15,19,25H,6,9,12,14H2,1-4H3. The fourth-order valence-electron chi connectivity index (χ4n) is 3.89. The minimum absolute atomic E-state index is 0.0656. The fourth-order valence-corrected chi connectivity index (χ4v) is 5.51. The zero-order valence-corrected chi connectivity index (χ0v) is 19.1. The second kappa shape index (κ2) is 8.96. The van der Waals surface area contributed by atoms with Crippen LogP contribution in [-0.4, -0.2) is 44.5 Å². The first-order chi connectivity index (χ1) is 14.5. The Balaban J connectivity index is 1.89. The van der Waals surface area contributed by atoms with Crippen molar-refractivity contribution >= 4 is 15.9 Å². The molecule has 0 spiro atoms. The Bertz CT molecular complexity index is 1060. The maximum Gasteiger partial charge on any atom is 0.254 e. The zero-order valence-electron chi connectivity index (χ0n) is 18.3. The SMILES string of the molecule is COc1ccc(C(=O)N2CCCC2Cc2cccc(F)c2)cc1S(=O)(=O)NC(C)(C)C. The molecule has 1 fully saturated rings. The van der Waals surface area contributed by atoms with Crippen LogP contribution in [-0.2, 0) is 16.4 Å². The number of benzene rings is 2. The number of sulfonamides is 1. The van der Waals surface area contributed by atoms with Crippen LogP contribution < -0.4 is 9.46 Å². The van der Waals surface area contributed by atoms with Crippen LogP contribution in [0, 0.1) is 5.82 Å². The van der Waals surface area contributed by atoms with E-state index in [1.807, 2.05) is 6.07 Å². The van der Waals surface area contributed by atoms with Crippen LogP contribution in [0.15, 0.2) is 47.4 Å². The van der Waals surface area contributed by atoms with Gasteiger partial charge in [0.25, 0.3) is 5.91 Å². The average Bonchev–Trinajstić information content (AvgIpc) is 3.13. The summed E-state index contributed by atoms with van der Waals surface area (Å²) in [5, 5.41) is 0. The van der Waals surface area contributed by atoms with Gasteiger partial charge in [0.05, 0.1) is 7.11 Å². The lowest BCUT2D eigenvalue weighted by Crippen LogP contribution is -2.41. The smallest absolute Gasteiger partial charge is 0.254 e. The lowest BCUT2D eigenvalue weighted by molar-refractivity contribution is 0.0736. The summed E-state index contributed by atoms with van der Waals surface area (Å²) in [6, 6.07) is 10.8. The number of nitrogens with zero attached hydrogens (tertiary/aromatic N) is 1. The number of carbonyl (C=O) groups is 1. The zero-order chi connectivity index (χ0) is 22.8. The van der Waals surface area contributed by atoms with E-state index in [4.69, 9.17) is 4.74 Å². The molecule has 0 bridgehead atoms. The van der Waals surface area contributed by atoms with Gasteiger partial charge >= 0.3 is 0 Å². The highest BCUT2D eigenvalue weighted by Crippen LogP contribution is 2.29. The van der Waals surface area contributed by atoms with Crippen LogP contribution in [0.25, 0.3) is 0 Å². The summed E-state index contributed by atoms with van der Waals surface area (Å²) < 4.78 is 47.2. The van der Waals surface area contributed by atoms with Gasteiger partial charge in [-0.25, -0.2) is 17.5 Å². The van der Waals surface area contributed by atoms with Gasteiger partial charge in [0.15, 0.2) is 0 Å². The Morgan fingerprint density at radius 3 is 2.61 bits per heavy atom. The third-order valence-corrected chi connectivity index (χ3v) is 6.92. The summed E-state index contributed by atoms with van der Waals surface area (Å²) in [5.41, 5.74) is 0.424. The first-order valence-corrected chi connectivity index (χ1v) is 11.8. The van der Waals surface area contributed by atoms with Gasteiger partial charge in [-0.15, -0.1) is 0 Å². The molecule has 1 amide bonds. The van der Waals surface area contributed by atoms with Crippen LogP contribution in [0.3, 0.4) is 0 Å². The molecule has 0 aliphatic carbocycles. The maximum absolute atomic E-state index is 13.6. The van der Waals surface area contributed by atoms with Crippen molar-refractivity contribution in [2.45, 2.75) is 56.5 Å². The Hall–Kier alpha value is -2.45. The van der Waals surface area contributed by atoms with Crippen LogP contribution in [0.4, 0.5) is 4.39 Å². The van der Waals surface area contributed by atoms with Crippen molar-refractivity contribution in [1.82, 2.24) is 9.62 Å². The molecule has 1 N–H and O–H groups in total. The summed E-state index contributed by atoms with van der Waals surface area (Å²) in [7, 11) is -2.50. The van der Waals surface area contributed by atoms with Crippen molar-refractivity contribution < 1.29 is 22.3 Å². The molecule has 0 radical (unpaired) electrons. The molecule has 1 atom stereocenters. The van der Waals surface area contributed by atoms with Crippen LogP contribution in [0.2, 0.25) is 0 Å². The van der Waals surface area contributed by atoms with Crippen molar-refractivity contribution in [1.29, 1.82) is 0 Å². The van der Waals surface area contributed by atoms with Gasteiger partial charge in [0, 0.05) is 23.7 Å². The predicted molar refractivity (Wildman–Crippen MR) is 117 cm³/mol. The molecule has 1 heterocycles. The number of amides is 1. The molecule has 1 aliphatic rings. The number of nitrogens with one attached hydrogen (secondary N) is 1. The number of ether oxygens (including phenoxy) is 1. The number of hydrogen-bond acceptors (Lipinski definition) is 4. The summed E-state index contributed by atoms with van der Waals surface area (Å²) in [5.74, 6) is -0.371. The summed E-state index contributed by atoms with van der Waals surface area (Å²) in [6.07, 6.45) is 2.21. The minimum atomic E-state index is -3.89. The van der Waals surface area contributed by atoms with Crippen LogP contribution in [0.1, 0.15) is 49.5 Å². The molecule has 3 rings (SSSR count). The number of methoxy groups -OCH3 is 1. The molecule has 168 valence electrons. The monoisotopic (exact) mass is 448 g/mol. The molecular weight excluding hydrogens is 419 g/mol. The van der Waals surface area contributed by atoms with Gasteiger partial charge in [-0.3, -0.25) is 4.79 Å². The summed E-state index contributed by atoms with van der Waals surface area (Å²) in [4.78, 5) is 15.0. The van der Waals surface area contributed by atoms with Gasteiger partial charge in [-0.2, -0.15) is 0 Å². The molecule has 2 aromatic carbocycles. The number of rotatable bonds is 6. The fraction of sp³-hybridized carbons (Fsp3) is 0.435. The maximum atomic E-state index is 13.6. The van der Waals surface area contributed by atoms with Gasteiger partial charge in [0.2, 0.25) is 10.0 Å². The number of likely N-dealkylation sites (tertiary alicyclic amines) is 1. The van der Waals surface area contributed by atoms with Crippen molar-refractivity contribution in [3.8, 4) is 5.75 Å². The van der Waals surface area contributed by atoms with E-state index in [1.54, 1.807) is 37.8 Å². The molecule has 1 unspecified atom stereocenters. The molecule has 0 aromatic heterocycles. The highest BCUT2D eigenvalue weighted by Gasteiger charge is 2.31. The minimum Gasteiger partial charge on any atom is -0.495 e. The van der Waals surface area contributed by atoms with Crippen LogP contribution >= 0.6 is 0 Å². The molecular formula is C23H29FN2O4S. The largest absolute Gasteiger partial charge is 0.495 e. The molecule has 8 heteroatoms. The van der Waals surface area contributed by atoms with Gasteiger partial charge in [-0.1, -0.05) is 12.1 Å². The first kappa shape index (κ1) is 23.2. The average molecular weight is 449 g/mol. The highest BCUT2D eigenvalue weighted by molar-refractivity contribution is 7.89. The first-order valence-electron chi connectivity index (χ1n) is 10.3. The second-order valence-corrected chi connectivity index (χ2v) is 10.5. The Kier molecular flexibility index (Phi) is 6.71. The lowest BCUT2D eigenvalue weighted by Gasteiger charge is -2.26. The van der Waals surface area contributed by atoms with Gasteiger partial charge in [0.1, 0.15) is 16.5 Å². The van der Waals surface area contributed by atoms with Crippen molar-refractivity contribution in [2.75, 3.05) is 13.7 Å². The van der Waals surface area contributed by atoms with E-state index in [9.17, 15) is 17.6 Å². The summed E-state index contributed by atoms with van der Waals surface area (Å²) in [6.45, 7) is 5.81. The van der Waals surface area contributed by atoms with E-state index in [0.29, 0.717) is 13.0 Å². The van der Waals surface area contributed by atoms with Crippen molar-refractivity contribution in [3.05, 3.63) is 59.4 Å². The normalized spacial score (nSPS) is 17.1. The molecule has 1 aliphatic heterocycles. The Labute approximate surface area is 183 Å². The van der Waals surface area contributed by atoms with Crippen LogP contribution in [0.5, 0.6) is 5.75 Å². The van der Waals surface area contributed by atoms with Crippen molar-refractivity contribution in [2.24, 2.45) is 0 Å². The molecule has 31 heavy (non-hydrogen) atoms. The number of hydrogen-bond donors (Lipinski definition) is 1. The predicted octanol–water partition coefficient (Wildman–Crippen LogP) is 3.76. The molecule has 0 saturated carbocycles. The topological polar surface area (TPSA) is 75.7 Å². The second-order valence-electron chi connectivity index (χ2n) is 8.85.